The monoisotopic (exact) mass is 409 g/mol. The first kappa shape index (κ1) is 19.5. The van der Waals surface area contributed by atoms with Gasteiger partial charge in [-0.1, -0.05) is 0 Å². The minimum absolute atomic E-state index is 0.0943. The van der Waals surface area contributed by atoms with Crippen LogP contribution in [0.4, 0.5) is 19.0 Å². The van der Waals surface area contributed by atoms with Crippen molar-refractivity contribution >= 4 is 11.7 Å². The van der Waals surface area contributed by atoms with Crippen LogP contribution in [0.2, 0.25) is 0 Å². The molecule has 1 saturated heterocycles. The Balaban J connectivity index is 1.65. The molecule has 2 aliphatic heterocycles. The Morgan fingerprint density at radius 2 is 2.07 bits per heavy atom. The molecule has 1 fully saturated rings. The minimum Gasteiger partial charge on any atom is -0.368 e. The predicted molar refractivity (Wildman–Crippen MR) is 99.7 cm³/mol. The number of amides is 1. The molecule has 1 amide bonds. The highest BCUT2D eigenvalue weighted by Gasteiger charge is 2.46. The lowest BCUT2D eigenvalue weighted by Crippen LogP contribution is -2.38. The van der Waals surface area contributed by atoms with Crippen LogP contribution in [0.3, 0.4) is 0 Å². The van der Waals surface area contributed by atoms with Gasteiger partial charge in [0.05, 0.1) is 17.3 Å². The van der Waals surface area contributed by atoms with E-state index in [1.165, 1.54) is 22.9 Å². The third-order valence-corrected chi connectivity index (χ3v) is 5.59. The largest absolute Gasteiger partial charge is 0.410 e. The predicted octanol–water partition coefficient (Wildman–Crippen LogP) is 2.87. The number of hydrogen-bond acceptors (Lipinski definition) is 4. The van der Waals surface area contributed by atoms with Crippen molar-refractivity contribution in [2.45, 2.75) is 50.5 Å². The number of rotatable bonds is 2. The van der Waals surface area contributed by atoms with E-state index in [4.69, 9.17) is 0 Å². The zero-order chi connectivity index (χ0) is 20.9. The summed E-state index contributed by atoms with van der Waals surface area (Å²) in [6.07, 6.45) is -1.66. The molecular weight excluding hydrogens is 387 g/mol. The molecule has 4 rings (SSSR count). The summed E-state index contributed by atoms with van der Waals surface area (Å²) in [5, 5.41) is 7.31. The third-order valence-electron chi connectivity index (χ3n) is 5.59. The molecule has 2 aromatic heterocycles. The van der Waals surface area contributed by atoms with Crippen molar-refractivity contribution in [3.63, 3.8) is 0 Å². The maximum absolute atomic E-state index is 13.5. The Labute approximate surface area is 165 Å². The van der Waals surface area contributed by atoms with Crippen LogP contribution < -0.4 is 10.9 Å². The number of alkyl halides is 3. The number of aryl methyl sites for hydroxylation is 1. The van der Waals surface area contributed by atoms with Crippen LogP contribution in [-0.4, -0.2) is 43.9 Å². The molecule has 2 aromatic rings. The maximum Gasteiger partial charge on any atom is 0.410 e. The smallest absolute Gasteiger partial charge is 0.368 e. The average molecular weight is 409 g/mol. The molecule has 4 heterocycles. The van der Waals surface area contributed by atoms with Gasteiger partial charge >= 0.3 is 6.18 Å². The Bertz CT molecular complexity index is 996. The molecule has 3 atom stereocenters. The number of nitrogens with zero attached hydrogens (tertiary/aromatic N) is 4. The standard InChI is InChI=1S/C19H22F3N5O2/c1-11-8-15(19(20,21)22)27-16(23-11)9-13(24-27)14-4-3-7-26(14)18(29)12-5-6-17(28)25(2)10-12/h5-6,9-11,14-15,23H,3-4,7-8H2,1-2H3/t11-,14?,15-/m1/s1. The molecule has 10 heteroatoms. The zero-order valence-electron chi connectivity index (χ0n) is 16.1. The number of carbonyl (C=O) groups is 1. The second-order valence-corrected chi connectivity index (χ2v) is 7.76. The van der Waals surface area contributed by atoms with E-state index in [0.717, 1.165) is 11.1 Å². The van der Waals surface area contributed by atoms with Crippen molar-refractivity contribution in [1.82, 2.24) is 19.2 Å². The van der Waals surface area contributed by atoms with Crippen LogP contribution in [0.15, 0.2) is 29.2 Å². The van der Waals surface area contributed by atoms with Crippen molar-refractivity contribution in [3.05, 3.63) is 46.0 Å². The van der Waals surface area contributed by atoms with Gasteiger partial charge in [0.2, 0.25) is 5.56 Å². The number of halogens is 3. The number of anilines is 1. The molecule has 156 valence electrons. The average Bonchev–Trinajstić information content (AvgIpc) is 3.28. The van der Waals surface area contributed by atoms with Gasteiger partial charge in [-0.15, -0.1) is 0 Å². The number of nitrogens with one attached hydrogen (secondary N) is 1. The molecule has 0 aliphatic carbocycles. The van der Waals surface area contributed by atoms with Gasteiger partial charge in [-0.3, -0.25) is 9.59 Å². The lowest BCUT2D eigenvalue weighted by molar-refractivity contribution is -0.173. The minimum atomic E-state index is -4.39. The Kier molecular flexibility index (Phi) is 4.66. The Hall–Kier alpha value is -2.78. The SMILES string of the molecule is C[C@@H]1C[C@H](C(F)(F)F)n2nc(C3CCCN3C(=O)c3ccc(=O)n(C)c3)cc2N1. The van der Waals surface area contributed by atoms with Gasteiger partial charge in [0.25, 0.3) is 5.91 Å². The molecule has 7 nitrogen and oxygen atoms in total. The molecular formula is C19H22F3N5O2. The van der Waals surface area contributed by atoms with E-state index in [9.17, 15) is 22.8 Å². The fourth-order valence-corrected chi connectivity index (χ4v) is 4.14. The highest BCUT2D eigenvalue weighted by Crippen LogP contribution is 2.41. The molecule has 0 aromatic carbocycles. The van der Waals surface area contributed by atoms with Gasteiger partial charge in [0, 0.05) is 38.0 Å². The lowest BCUT2D eigenvalue weighted by atomic mass is 10.1. The van der Waals surface area contributed by atoms with Crippen LogP contribution in [0.5, 0.6) is 0 Å². The van der Waals surface area contributed by atoms with E-state index in [1.54, 1.807) is 24.9 Å². The van der Waals surface area contributed by atoms with Gasteiger partial charge in [0.1, 0.15) is 5.82 Å². The van der Waals surface area contributed by atoms with Crippen molar-refractivity contribution < 1.29 is 18.0 Å². The maximum atomic E-state index is 13.5. The van der Waals surface area contributed by atoms with Gasteiger partial charge < -0.3 is 14.8 Å². The summed E-state index contributed by atoms with van der Waals surface area (Å²) < 4.78 is 42.8. The summed E-state index contributed by atoms with van der Waals surface area (Å²) >= 11 is 0. The van der Waals surface area contributed by atoms with Gasteiger partial charge in [-0.25, -0.2) is 4.68 Å². The molecule has 0 saturated carbocycles. The molecule has 0 bridgehead atoms. The van der Waals surface area contributed by atoms with Crippen molar-refractivity contribution in [3.8, 4) is 0 Å². The van der Waals surface area contributed by atoms with E-state index in [1.807, 2.05) is 0 Å². The molecule has 0 radical (unpaired) electrons. The normalized spacial score (nSPS) is 24.3. The number of carbonyl (C=O) groups excluding carboxylic acids is 1. The van der Waals surface area contributed by atoms with E-state index < -0.39 is 18.3 Å². The zero-order valence-corrected chi connectivity index (χ0v) is 16.1. The first-order chi connectivity index (χ1) is 13.6. The van der Waals surface area contributed by atoms with Gasteiger partial charge in [-0.05, 0) is 32.3 Å². The van der Waals surface area contributed by atoms with Crippen LogP contribution in [0.1, 0.15) is 54.3 Å². The van der Waals surface area contributed by atoms with Crippen LogP contribution in [0, 0.1) is 0 Å². The van der Waals surface area contributed by atoms with Crippen LogP contribution in [-0.2, 0) is 7.05 Å². The van der Waals surface area contributed by atoms with Crippen LogP contribution in [0.25, 0.3) is 0 Å². The number of hydrogen-bond donors (Lipinski definition) is 1. The van der Waals surface area contributed by atoms with Crippen molar-refractivity contribution in [2.75, 3.05) is 11.9 Å². The summed E-state index contributed by atoms with van der Waals surface area (Å²) in [5.41, 5.74) is 0.592. The quantitative estimate of drug-likeness (QED) is 0.828. The third kappa shape index (κ3) is 3.51. The van der Waals surface area contributed by atoms with E-state index in [2.05, 4.69) is 10.4 Å². The lowest BCUT2D eigenvalue weighted by Gasteiger charge is -2.31. The summed E-state index contributed by atoms with van der Waals surface area (Å²) in [6.45, 7) is 2.20. The molecule has 1 N–H and O–H groups in total. The molecule has 1 unspecified atom stereocenters. The fraction of sp³-hybridized carbons (Fsp3) is 0.526. The number of pyridine rings is 1. The summed E-state index contributed by atoms with van der Waals surface area (Å²) in [5.74, 6) is 0.0604. The number of likely N-dealkylation sites (tertiary alicyclic amines) is 1. The molecule has 0 spiro atoms. The first-order valence-corrected chi connectivity index (χ1v) is 9.55. The first-order valence-electron chi connectivity index (χ1n) is 9.55. The van der Waals surface area contributed by atoms with Gasteiger partial charge in [0.15, 0.2) is 6.04 Å². The Morgan fingerprint density at radius 3 is 2.76 bits per heavy atom. The second kappa shape index (κ2) is 6.93. The van der Waals surface area contributed by atoms with E-state index in [-0.39, 0.29) is 23.9 Å². The highest BCUT2D eigenvalue weighted by molar-refractivity contribution is 5.94. The van der Waals surface area contributed by atoms with E-state index >= 15 is 0 Å². The summed E-state index contributed by atoms with van der Waals surface area (Å²) in [6, 6.07) is 2.01. The van der Waals surface area contributed by atoms with Crippen molar-refractivity contribution in [1.29, 1.82) is 0 Å². The topological polar surface area (TPSA) is 72.2 Å². The molecule has 29 heavy (non-hydrogen) atoms. The summed E-state index contributed by atoms with van der Waals surface area (Å²) in [4.78, 5) is 26.2. The van der Waals surface area contributed by atoms with Crippen LogP contribution >= 0.6 is 0 Å². The number of aromatic nitrogens is 3. The molecule has 2 aliphatic rings. The van der Waals surface area contributed by atoms with Crippen molar-refractivity contribution in [2.24, 2.45) is 7.05 Å². The highest BCUT2D eigenvalue weighted by atomic mass is 19.4. The fourth-order valence-electron chi connectivity index (χ4n) is 4.14. The second-order valence-electron chi connectivity index (χ2n) is 7.76. The van der Waals surface area contributed by atoms with E-state index in [0.29, 0.717) is 30.0 Å². The summed E-state index contributed by atoms with van der Waals surface area (Å²) in [7, 11) is 1.56. The van der Waals surface area contributed by atoms with Gasteiger partial charge in [-0.2, -0.15) is 18.3 Å². The number of fused-ring (bicyclic) bond motifs is 1. The Morgan fingerprint density at radius 1 is 1.31 bits per heavy atom.